The molecule has 0 fully saturated rings. The average molecular weight is 421 g/mol. The van der Waals surface area contributed by atoms with Gasteiger partial charge in [0.1, 0.15) is 0 Å². The van der Waals surface area contributed by atoms with Gasteiger partial charge in [-0.1, -0.05) is 36.4 Å². The molecule has 156 valence electrons. The molecule has 2 aromatic carbocycles. The summed E-state index contributed by atoms with van der Waals surface area (Å²) in [5.41, 5.74) is 6.67. The maximum atomic E-state index is 11.7. The van der Waals surface area contributed by atoms with Crippen molar-refractivity contribution >= 4 is 26.3 Å². The molecule has 2 atom stereocenters. The summed E-state index contributed by atoms with van der Waals surface area (Å²) in [7, 11) is -3.15. The minimum atomic E-state index is -3.15. The highest BCUT2D eigenvalue weighted by Gasteiger charge is 2.26. The van der Waals surface area contributed by atoms with Gasteiger partial charge in [-0.2, -0.15) is 0 Å². The molecule has 0 amide bonds. The van der Waals surface area contributed by atoms with Crippen LogP contribution in [0.1, 0.15) is 36.1 Å². The number of rotatable bonds is 4. The van der Waals surface area contributed by atoms with Crippen molar-refractivity contribution in [2.24, 2.45) is 5.92 Å². The minimum absolute atomic E-state index is 0.383. The van der Waals surface area contributed by atoms with Crippen molar-refractivity contribution in [2.45, 2.75) is 43.0 Å². The molecule has 1 aromatic heterocycles. The van der Waals surface area contributed by atoms with Gasteiger partial charge in [0.05, 0.1) is 4.90 Å². The van der Waals surface area contributed by atoms with Gasteiger partial charge in [-0.15, -0.1) is 0 Å². The van der Waals surface area contributed by atoms with Crippen LogP contribution in [0.25, 0.3) is 16.5 Å². The second-order valence-electron chi connectivity index (χ2n) is 8.81. The number of aromatic nitrogens is 1. The zero-order valence-corrected chi connectivity index (χ0v) is 18.1. The third-order valence-corrected chi connectivity index (χ3v) is 7.82. The number of aryl methyl sites for hydroxylation is 1. The first kappa shape index (κ1) is 19.6. The van der Waals surface area contributed by atoms with E-state index in [1.807, 2.05) is 12.1 Å². The van der Waals surface area contributed by atoms with Crippen LogP contribution in [-0.2, 0) is 22.7 Å². The van der Waals surface area contributed by atoms with Gasteiger partial charge < -0.3 is 10.3 Å². The van der Waals surface area contributed by atoms with E-state index in [1.54, 1.807) is 12.1 Å². The summed E-state index contributed by atoms with van der Waals surface area (Å²) in [6, 6.07) is 16.5. The third kappa shape index (κ3) is 3.84. The Morgan fingerprint density at radius 1 is 1.03 bits per heavy atom. The normalized spacial score (nSPS) is 22.0. The lowest BCUT2D eigenvalue weighted by atomic mass is 9.80. The zero-order valence-electron chi connectivity index (χ0n) is 17.3. The number of fused-ring (bicyclic) bond motifs is 3. The van der Waals surface area contributed by atoms with Crippen molar-refractivity contribution in [1.82, 2.24) is 10.3 Å². The van der Waals surface area contributed by atoms with E-state index in [9.17, 15) is 8.42 Å². The maximum Gasteiger partial charge on any atom is 0.175 e. The van der Waals surface area contributed by atoms with Crippen molar-refractivity contribution in [1.29, 1.82) is 0 Å². The molecule has 0 radical (unpaired) electrons. The fraction of sp³-hybridized carbons (Fsp3) is 0.360. The van der Waals surface area contributed by atoms with Crippen molar-refractivity contribution in [2.75, 3.05) is 12.8 Å². The first-order chi connectivity index (χ1) is 14.5. The molecule has 30 heavy (non-hydrogen) atoms. The van der Waals surface area contributed by atoms with Crippen LogP contribution < -0.4 is 5.32 Å². The van der Waals surface area contributed by atoms with Crippen molar-refractivity contribution in [3.8, 4) is 0 Å². The smallest absolute Gasteiger partial charge is 0.175 e. The van der Waals surface area contributed by atoms with Crippen molar-refractivity contribution in [3.05, 3.63) is 71.4 Å². The highest BCUT2D eigenvalue weighted by Crippen LogP contribution is 2.35. The summed E-state index contributed by atoms with van der Waals surface area (Å²) in [5, 5.41) is 5.07. The van der Waals surface area contributed by atoms with Gasteiger partial charge in [-0.25, -0.2) is 8.42 Å². The Bertz CT molecular complexity index is 1210. The Balaban J connectivity index is 1.27. The predicted molar refractivity (Wildman–Crippen MR) is 122 cm³/mol. The Morgan fingerprint density at radius 2 is 1.83 bits per heavy atom. The van der Waals surface area contributed by atoms with E-state index in [-0.39, 0.29) is 0 Å². The summed E-state index contributed by atoms with van der Waals surface area (Å²) in [4.78, 5) is 4.00. The lowest BCUT2D eigenvalue weighted by Gasteiger charge is -2.30. The lowest BCUT2D eigenvalue weighted by Crippen LogP contribution is -2.35. The van der Waals surface area contributed by atoms with Gasteiger partial charge in [0.2, 0.25) is 0 Å². The summed E-state index contributed by atoms with van der Waals surface area (Å²) in [6.45, 7) is 0.874. The van der Waals surface area contributed by atoms with Crippen molar-refractivity contribution in [3.63, 3.8) is 0 Å². The maximum absolute atomic E-state index is 11.7. The summed E-state index contributed by atoms with van der Waals surface area (Å²) < 4.78 is 23.4. The van der Waals surface area contributed by atoms with Crippen LogP contribution in [0.2, 0.25) is 0 Å². The molecule has 2 heterocycles. The molecule has 0 saturated heterocycles. The van der Waals surface area contributed by atoms with Crippen LogP contribution in [0, 0.1) is 5.92 Å². The summed E-state index contributed by atoms with van der Waals surface area (Å²) in [5.74, 6) is 0.696. The Kier molecular flexibility index (Phi) is 5.03. The molecule has 2 N–H and O–H groups in total. The van der Waals surface area contributed by atoms with Gasteiger partial charge in [0.25, 0.3) is 0 Å². The Labute approximate surface area is 178 Å². The predicted octanol–water partition coefficient (Wildman–Crippen LogP) is 4.51. The van der Waals surface area contributed by atoms with Gasteiger partial charge >= 0.3 is 0 Å². The highest BCUT2D eigenvalue weighted by atomic mass is 32.2. The molecule has 4 nitrogen and oxygen atoms in total. The van der Waals surface area contributed by atoms with Gasteiger partial charge in [0.15, 0.2) is 9.84 Å². The quantitative estimate of drug-likeness (QED) is 0.653. The molecule has 1 aliphatic carbocycles. The first-order valence-corrected chi connectivity index (χ1v) is 12.7. The number of para-hydroxylation sites is 1. The standard InChI is InChI=1S/C25H28N2O2S/c1-30(28,29)21-9-7-18(8-10-21)19-12-13-26-20(16-19)14-17-6-11-25-23(15-17)22-4-2-3-5-24(22)27-25/h2-5,7-10,12,17,20,26-27H,6,11,13-16H2,1H3. The van der Waals surface area contributed by atoms with Crippen LogP contribution in [0.3, 0.4) is 0 Å². The van der Waals surface area contributed by atoms with Crippen LogP contribution >= 0.6 is 0 Å². The molecular weight excluding hydrogens is 392 g/mol. The number of benzene rings is 2. The zero-order chi connectivity index (χ0) is 20.7. The minimum Gasteiger partial charge on any atom is -0.358 e. The average Bonchev–Trinajstić information content (AvgIpc) is 3.12. The van der Waals surface area contributed by atoms with Gasteiger partial charge in [-0.3, -0.25) is 0 Å². The fourth-order valence-corrected chi connectivity index (χ4v) is 5.76. The van der Waals surface area contributed by atoms with E-state index < -0.39 is 9.84 Å². The molecule has 5 rings (SSSR count). The molecule has 0 bridgehead atoms. The number of nitrogens with one attached hydrogen (secondary N) is 2. The van der Waals surface area contributed by atoms with Crippen LogP contribution in [-0.4, -0.2) is 32.2 Å². The molecule has 0 spiro atoms. The monoisotopic (exact) mass is 420 g/mol. The molecule has 1 aliphatic heterocycles. The van der Waals surface area contributed by atoms with E-state index in [4.69, 9.17) is 0 Å². The number of aromatic amines is 1. The Morgan fingerprint density at radius 3 is 2.63 bits per heavy atom. The molecule has 3 aromatic rings. The van der Waals surface area contributed by atoms with Crippen LogP contribution in [0.15, 0.2) is 59.5 Å². The molecular formula is C25H28N2O2S. The van der Waals surface area contributed by atoms with Crippen molar-refractivity contribution < 1.29 is 8.42 Å². The number of sulfone groups is 1. The molecule has 5 heteroatoms. The topological polar surface area (TPSA) is 62.0 Å². The highest BCUT2D eigenvalue weighted by molar-refractivity contribution is 7.90. The van der Waals surface area contributed by atoms with Gasteiger partial charge in [0, 0.05) is 35.4 Å². The summed E-state index contributed by atoms with van der Waals surface area (Å²) in [6.07, 6.45) is 9.19. The SMILES string of the molecule is CS(=O)(=O)c1ccc(C2=CCNC(CC3CCc4[nH]c5ccccc5c4C3)C2)cc1. The van der Waals surface area contributed by atoms with E-state index >= 15 is 0 Å². The van der Waals surface area contributed by atoms with E-state index in [2.05, 4.69) is 40.6 Å². The van der Waals surface area contributed by atoms with Crippen LogP contribution in [0.5, 0.6) is 0 Å². The van der Waals surface area contributed by atoms with Crippen LogP contribution in [0.4, 0.5) is 0 Å². The number of hydrogen-bond donors (Lipinski definition) is 2. The van der Waals surface area contributed by atoms with Gasteiger partial charge in [-0.05, 0) is 72.9 Å². The largest absolute Gasteiger partial charge is 0.358 e. The first-order valence-electron chi connectivity index (χ1n) is 10.8. The molecule has 2 aliphatic rings. The lowest BCUT2D eigenvalue weighted by molar-refractivity contribution is 0.356. The summed E-state index contributed by atoms with van der Waals surface area (Å²) >= 11 is 0. The van der Waals surface area contributed by atoms with E-state index in [0.29, 0.717) is 16.9 Å². The number of H-pyrrole nitrogens is 1. The number of hydrogen-bond acceptors (Lipinski definition) is 3. The third-order valence-electron chi connectivity index (χ3n) is 6.69. The molecule has 2 unspecified atom stereocenters. The second-order valence-corrected chi connectivity index (χ2v) is 10.8. The fourth-order valence-electron chi connectivity index (χ4n) is 5.13. The molecule has 0 saturated carbocycles. The second kappa shape index (κ2) is 7.71. The van der Waals surface area contributed by atoms with E-state index in [1.165, 1.54) is 46.8 Å². The van der Waals surface area contributed by atoms with E-state index in [0.717, 1.165) is 31.4 Å². The Hall–Kier alpha value is -2.37.